The van der Waals surface area contributed by atoms with E-state index in [0.717, 1.165) is 72.0 Å². The van der Waals surface area contributed by atoms with Crippen molar-refractivity contribution >= 4 is 139 Å². The number of carbonyl (C=O) groups is 1. The van der Waals surface area contributed by atoms with Gasteiger partial charge in [0.2, 0.25) is 0 Å². The van der Waals surface area contributed by atoms with Gasteiger partial charge in [0.05, 0.1) is 74.9 Å². The summed E-state index contributed by atoms with van der Waals surface area (Å²) in [4.78, 5) is 45.7. The predicted molar refractivity (Wildman–Crippen MR) is 516 cm³/mol. The Morgan fingerprint density at radius 2 is 0.546 bits per heavy atom. The first-order chi connectivity index (χ1) is 59.2. The quantitative estimate of drug-likeness (QED) is 0.00406. The third-order valence-electron chi connectivity index (χ3n) is 16.1. The minimum absolute atomic E-state index is 0. The van der Waals surface area contributed by atoms with E-state index in [9.17, 15) is 0 Å². The number of aromatic nitrogens is 8. The van der Waals surface area contributed by atoms with Gasteiger partial charge in [-0.2, -0.15) is 0 Å². The Bertz CT molecular complexity index is 5020. The first-order valence-electron chi connectivity index (χ1n) is 37.0. The minimum atomic E-state index is -0.181. The molecule has 4 heterocycles. The van der Waals surface area contributed by atoms with Gasteiger partial charge in [0.15, 0.2) is 46.0 Å². The van der Waals surface area contributed by atoms with E-state index in [2.05, 4.69) is 84.4 Å². The number of nitrogens with one attached hydrogen (secondary N) is 3. The van der Waals surface area contributed by atoms with Crippen molar-refractivity contribution in [2.24, 2.45) is 0 Å². The van der Waals surface area contributed by atoms with Crippen LogP contribution in [-0.2, 0) is 47.6 Å². The molecule has 130 heavy (non-hydrogen) atoms. The van der Waals surface area contributed by atoms with Gasteiger partial charge < -0.3 is 108 Å². The van der Waals surface area contributed by atoms with Crippen molar-refractivity contribution in [2.75, 3.05) is 184 Å². The van der Waals surface area contributed by atoms with E-state index in [1.54, 1.807) is 81.1 Å². The molecule has 696 valence electrons. The molecule has 31 nitrogen and oxygen atoms in total. The van der Waals surface area contributed by atoms with Crippen LogP contribution in [0, 0.1) is 49.4 Å². The molecule has 36 heteroatoms. The Balaban J connectivity index is -0.00000155. The van der Waals surface area contributed by atoms with Gasteiger partial charge in [-0.05, 0) is 97.1 Å². The third kappa shape index (κ3) is 41.3. The Hall–Kier alpha value is -11.8. The van der Waals surface area contributed by atoms with Crippen LogP contribution in [0.3, 0.4) is 0 Å². The number of fused-ring (bicyclic) bond motifs is 4. The summed E-state index contributed by atoms with van der Waals surface area (Å²) >= 11 is 6.08. The average Bonchev–Trinajstić information content (AvgIpc) is 0.804. The van der Waals surface area contributed by atoms with Gasteiger partial charge in [0.25, 0.3) is 6.47 Å². The van der Waals surface area contributed by atoms with E-state index in [-0.39, 0.29) is 110 Å². The number of carbonyl (C=O) groups excluding carboxylic acids is 1. The first-order valence-corrected chi connectivity index (χ1v) is 37.4. The van der Waals surface area contributed by atoms with Gasteiger partial charge in [-0.15, -0.1) is 62.9 Å². The van der Waals surface area contributed by atoms with E-state index < -0.39 is 0 Å². The zero-order chi connectivity index (χ0) is 86.6. The molecule has 0 aliphatic rings. The number of hydrogen-bond acceptors (Lipinski definition) is 31. The fourth-order valence-electron chi connectivity index (χ4n) is 10.4. The van der Waals surface area contributed by atoms with Crippen molar-refractivity contribution in [2.45, 2.75) is 37.1 Å². The molecule has 0 saturated heterocycles. The monoisotopic (exact) mass is 1880 g/mol. The summed E-state index contributed by atoms with van der Waals surface area (Å²) in [5.41, 5.74) is 14.7. The summed E-state index contributed by atoms with van der Waals surface area (Å²) in [6.07, 6.45) is 27.5. The molecule has 0 amide bonds. The zero-order valence-electron chi connectivity index (χ0n) is 70.4. The minimum Gasteiger partial charge on any atom is -0.662 e. The van der Waals surface area contributed by atoms with Crippen LogP contribution in [-0.4, -0.2) is 209 Å². The van der Waals surface area contributed by atoms with Gasteiger partial charge in [-0.25, -0.2) is 39.9 Å². The largest absolute Gasteiger partial charge is 1.00 e. The summed E-state index contributed by atoms with van der Waals surface area (Å²) in [6.45, 7) is 6.79. The number of benzene rings is 8. The van der Waals surface area contributed by atoms with Crippen LogP contribution in [0.25, 0.3) is 43.6 Å². The van der Waals surface area contributed by atoms with E-state index in [0.29, 0.717) is 191 Å². The topological polar surface area (TPSA) is 362 Å². The molecular weight excluding hydrogens is 1770 g/mol. The van der Waals surface area contributed by atoms with Crippen LogP contribution in [0.1, 0.15) is 59.4 Å². The number of nitrogens with zero attached hydrogens (tertiary/aromatic N) is 8. The van der Waals surface area contributed by atoms with E-state index in [4.69, 9.17) is 129 Å². The van der Waals surface area contributed by atoms with Gasteiger partial charge in [-0.3, -0.25) is 4.79 Å². The summed E-state index contributed by atoms with van der Waals surface area (Å²) in [5.74, 6) is 17.0. The second-order valence-electron chi connectivity index (χ2n) is 24.3. The molecule has 12 aromatic rings. The normalized spacial score (nSPS) is 9.52. The standard InChI is InChI=1S/3C22H23N3O4.C14H17ClN2O4.C8H7N.CH2O3.5CH4.3ClH.Na/c3*1-4-16-6-5-7-17(12-16)25-22-18-13-20(28-10-8-26-2)21(29-11-9-27-3)14-19(18)23-15-24-22;1-18-3-5-20-12-7-10-11(16-9-17-14(10)15)8-13(12)21-6-4-19-2;1-2-7-4-3-5-8(9)6-7;2-1-4-3;;;;;;;;;/h3*1,5-7,12-15H,8-11H2,2-3H3,(H,23,24,25);7-9H,3-6H2,1-2H3;1,3-6H,9H2;1,3H;5*1H4;3*1H;/q;;;;;;;;;;;;;;+1/p-1. The van der Waals surface area contributed by atoms with E-state index >= 15 is 0 Å². The number of methoxy groups -OCH3 is 8. The van der Waals surface area contributed by atoms with Crippen LogP contribution in [0.5, 0.6) is 46.0 Å². The van der Waals surface area contributed by atoms with Gasteiger partial charge in [-0.1, -0.05) is 96.7 Å². The van der Waals surface area contributed by atoms with Crippen molar-refractivity contribution in [3.63, 3.8) is 0 Å². The number of anilines is 7. The maximum Gasteiger partial charge on any atom is 1.00 e. The van der Waals surface area contributed by atoms with Gasteiger partial charge >= 0.3 is 29.6 Å². The molecule has 0 aliphatic carbocycles. The van der Waals surface area contributed by atoms with Crippen molar-refractivity contribution in [1.29, 1.82) is 0 Å². The van der Waals surface area contributed by atoms with Gasteiger partial charge in [0.1, 0.15) is 101 Å². The second-order valence-corrected chi connectivity index (χ2v) is 24.7. The number of terminal acetylenes is 4. The molecule has 0 saturated carbocycles. The summed E-state index contributed by atoms with van der Waals surface area (Å²) in [5, 5.41) is 21.8. The number of nitrogens with two attached hydrogens (primary N) is 1. The smallest absolute Gasteiger partial charge is 0.662 e. The van der Waals surface area contributed by atoms with Crippen molar-refractivity contribution < 1.29 is 120 Å². The summed E-state index contributed by atoms with van der Waals surface area (Å²) in [7, 11) is 13.0. The maximum atomic E-state index is 8.64. The molecule has 0 atom stereocenters. The fraction of sp³-hybridized carbons (Fsp3) is 0.309. The number of halogens is 4. The molecule has 4 aromatic heterocycles. The van der Waals surface area contributed by atoms with Crippen LogP contribution in [0.4, 0.5) is 40.2 Å². The molecule has 0 bridgehead atoms. The molecule has 12 rings (SSSR count). The van der Waals surface area contributed by atoms with Crippen molar-refractivity contribution in [1.82, 2.24) is 39.9 Å². The van der Waals surface area contributed by atoms with Crippen molar-refractivity contribution in [3.05, 3.63) is 198 Å². The van der Waals surface area contributed by atoms with Crippen LogP contribution in [0.2, 0.25) is 5.15 Å². The molecule has 5 N–H and O–H groups in total. The first kappa shape index (κ1) is 122. The SMILES string of the molecule is C.C.C.C.C.C#Cc1cccc(N)c1.C#Cc1cccc(Nc2ncnc3cc(OCCOC)c(OCCOC)cc23)c1.C#Cc1cccc(Nc2ncnc3cc(OCCOC)c(OCCOC)cc23)c1.C#Cc1cccc(Nc2ncnc3cc(OCCOC)c(OCCOC)cc23)c1.COCCOc1cc2ncnc(Cl)c2cc1OCCOC.Cl.Cl.Cl.O=CO[O-].[Na+]. The molecule has 0 fully saturated rings. The molecule has 0 radical (unpaired) electrons. The van der Waals surface area contributed by atoms with Crippen LogP contribution >= 0.6 is 48.8 Å². The number of hydrogen-bond donors (Lipinski definition) is 4. The summed E-state index contributed by atoms with van der Waals surface area (Å²) in [6, 6.07) is 44.6. The molecule has 0 unspecified atom stereocenters. The van der Waals surface area contributed by atoms with Crippen molar-refractivity contribution in [3.8, 4) is 95.4 Å². The maximum absolute atomic E-state index is 8.64. The predicted octanol–water partition coefficient (Wildman–Crippen LogP) is 13.7. The second kappa shape index (κ2) is 71.1. The molecule has 0 aliphatic heterocycles. The third-order valence-corrected chi connectivity index (χ3v) is 16.4. The molecular formula is C94H117Cl4N12NaO19. The zero-order valence-corrected chi connectivity index (χ0v) is 75.6. The fourth-order valence-corrected chi connectivity index (χ4v) is 10.6. The van der Waals surface area contributed by atoms with Crippen LogP contribution in [0.15, 0.2) is 171 Å². The summed E-state index contributed by atoms with van der Waals surface area (Å²) < 4.78 is 86.7. The van der Waals surface area contributed by atoms with E-state index in [1.165, 1.54) is 25.3 Å². The van der Waals surface area contributed by atoms with Gasteiger partial charge in [0, 0.05) is 148 Å². The Kier molecular flexibility index (Phi) is 66.9. The number of rotatable bonds is 39. The molecule has 8 aromatic carbocycles. The number of ether oxygens (including phenoxy) is 16. The Morgan fingerprint density at radius 1 is 0.331 bits per heavy atom. The Morgan fingerprint density at radius 3 is 0.769 bits per heavy atom. The Labute approximate surface area is 808 Å². The molecule has 0 spiro atoms. The van der Waals surface area contributed by atoms with E-state index in [1.807, 2.05) is 121 Å². The van der Waals surface area contributed by atoms with Crippen LogP contribution < -0.4 is 94.4 Å². The number of nitrogen functional groups attached to an aromatic ring is 1. The average molecular weight is 1880 g/mol.